The van der Waals surface area contributed by atoms with Crippen LogP contribution in [0.5, 0.6) is 0 Å². The van der Waals surface area contributed by atoms with Crippen LogP contribution in [0.3, 0.4) is 0 Å². The number of thiazole rings is 1. The summed E-state index contributed by atoms with van der Waals surface area (Å²) in [6.07, 6.45) is 0. The Kier molecular flexibility index (Phi) is 4.26. The molecule has 0 aliphatic rings. The van der Waals surface area contributed by atoms with Crippen LogP contribution in [0.2, 0.25) is 5.02 Å². The Morgan fingerprint density at radius 1 is 1.12 bits per heavy atom. The van der Waals surface area contributed by atoms with Gasteiger partial charge in [-0.1, -0.05) is 47.2 Å². The van der Waals surface area contributed by atoms with Gasteiger partial charge in [-0.2, -0.15) is 0 Å². The smallest absolute Gasteiger partial charge is 0.293 e. The number of amides is 1. The van der Waals surface area contributed by atoms with Gasteiger partial charge >= 0.3 is 0 Å². The van der Waals surface area contributed by atoms with Crippen LogP contribution in [0.4, 0.5) is 5.13 Å². The fourth-order valence-corrected chi connectivity index (χ4v) is 3.92. The fourth-order valence-electron chi connectivity index (χ4n) is 2.73. The van der Waals surface area contributed by atoms with E-state index in [4.69, 9.17) is 16.0 Å². The Bertz CT molecular complexity index is 1090. The molecule has 2 aromatic heterocycles. The van der Waals surface area contributed by atoms with Crippen molar-refractivity contribution in [2.24, 2.45) is 0 Å². The number of carbonyl (C=O) groups excluding carboxylic acids is 1. The first-order valence-electron chi connectivity index (χ1n) is 8.05. The molecule has 0 atom stereocenters. The molecule has 1 amide bonds. The maximum absolute atomic E-state index is 12.5. The van der Waals surface area contributed by atoms with E-state index in [1.807, 2.05) is 32.0 Å². The molecule has 6 heteroatoms. The number of anilines is 1. The zero-order valence-corrected chi connectivity index (χ0v) is 15.7. The van der Waals surface area contributed by atoms with Gasteiger partial charge in [0.25, 0.3) is 5.91 Å². The second kappa shape index (κ2) is 6.59. The quantitative estimate of drug-likeness (QED) is 0.467. The number of nitrogens with zero attached hydrogens (tertiary/aromatic N) is 1. The summed E-state index contributed by atoms with van der Waals surface area (Å²) in [6, 6.07) is 14.8. The molecule has 26 heavy (non-hydrogen) atoms. The van der Waals surface area contributed by atoms with E-state index in [1.165, 1.54) is 11.3 Å². The number of carbonyl (C=O) groups is 1. The van der Waals surface area contributed by atoms with Gasteiger partial charge in [0.1, 0.15) is 5.76 Å². The van der Waals surface area contributed by atoms with E-state index in [0.29, 0.717) is 15.9 Å². The van der Waals surface area contributed by atoms with Gasteiger partial charge in [-0.3, -0.25) is 10.1 Å². The average molecular weight is 383 g/mol. The lowest BCUT2D eigenvalue weighted by atomic mass is 10.1. The number of benzene rings is 2. The third-order valence-electron chi connectivity index (χ3n) is 4.10. The lowest BCUT2D eigenvalue weighted by Crippen LogP contribution is -2.10. The van der Waals surface area contributed by atoms with Crippen LogP contribution in [0, 0.1) is 13.8 Å². The molecule has 4 aromatic rings. The minimum absolute atomic E-state index is 0.229. The van der Waals surface area contributed by atoms with E-state index in [-0.39, 0.29) is 11.7 Å². The van der Waals surface area contributed by atoms with Crippen molar-refractivity contribution in [1.29, 1.82) is 0 Å². The molecule has 2 aromatic carbocycles. The summed E-state index contributed by atoms with van der Waals surface area (Å²) in [6.45, 7) is 4.05. The summed E-state index contributed by atoms with van der Waals surface area (Å²) in [4.78, 5) is 17.1. The van der Waals surface area contributed by atoms with Crippen molar-refractivity contribution in [3.63, 3.8) is 0 Å². The molecule has 4 nitrogen and oxygen atoms in total. The van der Waals surface area contributed by atoms with Gasteiger partial charge in [0.2, 0.25) is 0 Å². The van der Waals surface area contributed by atoms with Gasteiger partial charge in [0.15, 0.2) is 10.9 Å². The molecule has 0 spiro atoms. The Balaban J connectivity index is 1.59. The summed E-state index contributed by atoms with van der Waals surface area (Å²) < 4.78 is 6.77. The van der Waals surface area contributed by atoms with Crippen LogP contribution in [-0.4, -0.2) is 10.9 Å². The summed E-state index contributed by atoms with van der Waals surface area (Å²) in [5.41, 5.74) is 3.97. The maximum Gasteiger partial charge on any atom is 0.293 e. The van der Waals surface area contributed by atoms with Crippen LogP contribution >= 0.6 is 22.9 Å². The Hall–Kier alpha value is -2.63. The monoisotopic (exact) mass is 382 g/mol. The Labute approximate surface area is 159 Å². The normalized spacial score (nSPS) is 11.0. The third kappa shape index (κ3) is 3.11. The number of hydrogen-bond acceptors (Lipinski definition) is 4. The van der Waals surface area contributed by atoms with Crippen LogP contribution in [0.15, 0.2) is 52.9 Å². The maximum atomic E-state index is 12.5. The highest BCUT2D eigenvalue weighted by Crippen LogP contribution is 2.31. The van der Waals surface area contributed by atoms with Gasteiger partial charge < -0.3 is 4.42 Å². The Morgan fingerprint density at radius 2 is 1.92 bits per heavy atom. The molecule has 0 bridgehead atoms. The highest BCUT2D eigenvalue weighted by Gasteiger charge is 2.16. The van der Waals surface area contributed by atoms with Crippen molar-refractivity contribution in [3.05, 3.63) is 70.4 Å². The Morgan fingerprint density at radius 3 is 2.69 bits per heavy atom. The number of halogens is 1. The molecule has 0 aliphatic carbocycles. The lowest BCUT2D eigenvalue weighted by Gasteiger charge is -1.99. The van der Waals surface area contributed by atoms with Gasteiger partial charge in [-0.25, -0.2) is 4.98 Å². The van der Waals surface area contributed by atoms with E-state index in [2.05, 4.69) is 16.4 Å². The summed E-state index contributed by atoms with van der Waals surface area (Å²) in [5.74, 6) is 0.494. The second-order valence-electron chi connectivity index (χ2n) is 6.02. The average Bonchev–Trinajstić information content (AvgIpc) is 3.26. The van der Waals surface area contributed by atoms with Crippen molar-refractivity contribution >= 4 is 44.2 Å². The van der Waals surface area contributed by atoms with Crippen LogP contribution in [-0.2, 0) is 0 Å². The van der Waals surface area contributed by atoms with E-state index in [9.17, 15) is 4.79 Å². The number of aromatic nitrogens is 1. The van der Waals surface area contributed by atoms with E-state index >= 15 is 0 Å². The SMILES string of the molecule is Cc1ccc(C)c2sc(NC(=O)c3ccc(-c4cccc(Cl)c4)o3)nc12. The first-order chi connectivity index (χ1) is 12.5. The molecule has 1 N–H and O–H groups in total. The zero-order valence-electron chi connectivity index (χ0n) is 14.2. The molecule has 130 valence electrons. The summed E-state index contributed by atoms with van der Waals surface area (Å²) in [7, 11) is 0. The lowest BCUT2D eigenvalue weighted by molar-refractivity contribution is 0.0997. The fraction of sp³-hybridized carbons (Fsp3) is 0.100. The molecular formula is C20H15ClN2O2S. The molecule has 2 heterocycles. The molecule has 0 fully saturated rings. The molecular weight excluding hydrogens is 368 g/mol. The minimum Gasteiger partial charge on any atom is -0.451 e. The van der Waals surface area contributed by atoms with Crippen LogP contribution in [0.1, 0.15) is 21.7 Å². The molecule has 0 saturated carbocycles. The molecule has 4 rings (SSSR count). The van der Waals surface area contributed by atoms with Crippen molar-refractivity contribution in [2.45, 2.75) is 13.8 Å². The van der Waals surface area contributed by atoms with Crippen molar-refractivity contribution < 1.29 is 9.21 Å². The first-order valence-corrected chi connectivity index (χ1v) is 9.24. The molecule has 0 unspecified atom stereocenters. The van der Waals surface area contributed by atoms with Gasteiger partial charge in [-0.15, -0.1) is 0 Å². The summed E-state index contributed by atoms with van der Waals surface area (Å²) >= 11 is 7.47. The van der Waals surface area contributed by atoms with Crippen molar-refractivity contribution in [2.75, 3.05) is 5.32 Å². The van der Waals surface area contributed by atoms with Crippen molar-refractivity contribution in [3.8, 4) is 11.3 Å². The number of fused-ring (bicyclic) bond motifs is 1. The predicted octanol–water partition coefficient (Wildman–Crippen LogP) is 6.08. The highest BCUT2D eigenvalue weighted by molar-refractivity contribution is 7.22. The third-order valence-corrected chi connectivity index (χ3v) is 5.44. The molecule has 0 radical (unpaired) electrons. The number of aryl methyl sites for hydroxylation is 2. The number of furan rings is 1. The summed E-state index contributed by atoms with van der Waals surface area (Å²) in [5, 5.41) is 4.00. The first kappa shape index (κ1) is 16.8. The van der Waals surface area contributed by atoms with Crippen molar-refractivity contribution in [1.82, 2.24) is 4.98 Å². The number of hydrogen-bond donors (Lipinski definition) is 1. The molecule has 0 saturated heterocycles. The van der Waals surface area contributed by atoms with Gasteiger partial charge in [0.05, 0.1) is 10.2 Å². The number of rotatable bonds is 3. The zero-order chi connectivity index (χ0) is 18.3. The number of nitrogens with one attached hydrogen (secondary N) is 1. The van der Waals surface area contributed by atoms with E-state index < -0.39 is 0 Å². The van der Waals surface area contributed by atoms with Gasteiger partial charge in [-0.05, 0) is 49.2 Å². The second-order valence-corrected chi connectivity index (χ2v) is 7.46. The predicted molar refractivity (Wildman–Crippen MR) is 106 cm³/mol. The van der Waals surface area contributed by atoms with Crippen LogP contribution < -0.4 is 5.32 Å². The van der Waals surface area contributed by atoms with Crippen LogP contribution in [0.25, 0.3) is 21.5 Å². The largest absolute Gasteiger partial charge is 0.451 e. The molecule has 0 aliphatic heterocycles. The van der Waals surface area contributed by atoms with E-state index in [1.54, 1.807) is 24.3 Å². The minimum atomic E-state index is -0.326. The highest BCUT2D eigenvalue weighted by atomic mass is 35.5. The topological polar surface area (TPSA) is 55.1 Å². The standard InChI is InChI=1S/C20H15ClN2O2S/c1-11-6-7-12(2)18-17(11)22-20(26-18)23-19(24)16-9-8-15(25-16)13-4-3-5-14(21)10-13/h3-10H,1-2H3,(H,22,23,24). The van der Waals surface area contributed by atoms with Gasteiger partial charge in [0, 0.05) is 10.6 Å². The van der Waals surface area contributed by atoms with E-state index in [0.717, 1.165) is 26.9 Å².